The van der Waals surface area contributed by atoms with Crippen molar-refractivity contribution in [3.63, 3.8) is 0 Å². The predicted molar refractivity (Wildman–Crippen MR) is 71.9 cm³/mol. The summed E-state index contributed by atoms with van der Waals surface area (Å²) in [7, 11) is 4.45. The molecule has 96 valence electrons. The van der Waals surface area contributed by atoms with Crippen LogP contribution in [0.5, 0.6) is 0 Å². The van der Waals surface area contributed by atoms with Crippen LogP contribution in [-0.4, -0.2) is 37.1 Å². The topological polar surface area (TPSA) is 15.3 Å². The van der Waals surface area contributed by atoms with E-state index in [0.717, 1.165) is 12.1 Å². The molecule has 0 saturated heterocycles. The summed E-state index contributed by atoms with van der Waals surface area (Å²) in [5.41, 5.74) is 0. The Hall–Kier alpha value is -0.0800. The molecule has 0 aliphatic heterocycles. The van der Waals surface area contributed by atoms with E-state index >= 15 is 0 Å². The van der Waals surface area contributed by atoms with Gasteiger partial charge in [-0.05, 0) is 40.3 Å². The van der Waals surface area contributed by atoms with E-state index in [0.29, 0.717) is 6.04 Å². The minimum Gasteiger partial charge on any atom is -0.315 e. The number of hydrogen-bond acceptors (Lipinski definition) is 2. The molecule has 0 heterocycles. The Kier molecular flexibility index (Phi) is 6.37. The molecule has 3 unspecified atom stereocenters. The van der Waals surface area contributed by atoms with Crippen LogP contribution in [0.15, 0.2) is 0 Å². The van der Waals surface area contributed by atoms with Crippen LogP contribution in [0.1, 0.15) is 58.8 Å². The maximum absolute atomic E-state index is 3.53. The predicted octanol–water partition coefficient (Wildman–Crippen LogP) is 3.03. The molecule has 0 spiro atoms. The molecule has 1 aliphatic rings. The highest BCUT2D eigenvalue weighted by Crippen LogP contribution is 2.23. The summed E-state index contributed by atoms with van der Waals surface area (Å²) in [5, 5.41) is 3.53. The van der Waals surface area contributed by atoms with Crippen molar-refractivity contribution in [1.82, 2.24) is 10.2 Å². The van der Waals surface area contributed by atoms with Gasteiger partial charge >= 0.3 is 0 Å². The first-order chi connectivity index (χ1) is 7.70. The third-order valence-electron chi connectivity index (χ3n) is 4.28. The molecule has 1 fully saturated rings. The first kappa shape index (κ1) is 14.0. The molecule has 0 aromatic carbocycles. The quantitative estimate of drug-likeness (QED) is 0.725. The zero-order chi connectivity index (χ0) is 12.0. The van der Waals surface area contributed by atoms with Gasteiger partial charge < -0.3 is 5.32 Å². The summed E-state index contributed by atoms with van der Waals surface area (Å²) in [6.07, 6.45) is 9.57. The summed E-state index contributed by atoms with van der Waals surface area (Å²) >= 11 is 0. The second kappa shape index (κ2) is 7.29. The van der Waals surface area contributed by atoms with Gasteiger partial charge in [0.2, 0.25) is 0 Å². The van der Waals surface area contributed by atoms with Gasteiger partial charge in [0.25, 0.3) is 0 Å². The second-order valence-electron chi connectivity index (χ2n) is 5.40. The van der Waals surface area contributed by atoms with Crippen molar-refractivity contribution in [2.75, 3.05) is 14.1 Å². The summed E-state index contributed by atoms with van der Waals surface area (Å²) in [6, 6.07) is 2.17. The van der Waals surface area contributed by atoms with Crippen molar-refractivity contribution < 1.29 is 0 Å². The van der Waals surface area contributed by atoms with Gasteiger partial charge in [-0.2, -0.15) is 0 Å². The van der Waals surface area contributed by atoms with Crippen LogP contribution in [0, 0.1) is 0 Å². The molecule has 2 nitrogen and oxygen atoms in total. The minimum atomic E-state index is 0.701. The third kappa shape index (κ3) is 3.74. The lowest BCUT2D eigenvalue weighted by atomic mass is 9.99. The zero-order valence-electron chi connectivity index (χ0n) is 11.6. The molecule has 0 radical (unpaired) electrons. The molecular weight excluding hydrogens is 196 g/mol. The molecule has 1 N–H and O–H groups in total. The van der Waals surface area contributed by atoms with E-state index in [1.165, 1.54) is 44.9 Å². The lowest BCUT2D eigenvalue weighted by Gasteiger charge is -2.37. The maximum Gasteiger partial charge on any atom is 0.0248 e. The molecule has 16 heavy (non-hydrogen) atoms. The Bertz CT molecular complexity index is 182. The second-order valence-corrected chi connectivity index (χ2v) is 5.40. The first-order valence-corrected chi connectivity index (χ1v) is 7.09. The van der Waals surface area contributed by atoms with Crippen molar-refractivity contribution in [2.45, 2.75) is 76.9 Å². The Morgan fingerprint density at radius 3 is 2.56 bits per heavy atom. The van der Waals surface area contributed by atoms with Crippen LogP contribution in [0.4, 0.5) is 0 Å². The molecule has 1 aliphatic carbocycles. The number of nitrogens with one attached hydrogen (secondary N) is 1. The molecule has 1 saturated carbocycles. The summed E-state index contributed by atoms with van der Waals surface area (Å²) in [6.45, 7) is 4.66. The molecule has 0 bridgehead atoms. The average Bonchev–Trinajstić information content (AvgIpc) is 2.53. The highest BCUT2D eigenvalue weighted by atomic mass is 15.2. The fraction of sp³-hybridized carbons (Fsp3) is 1.00. The minimum absolute atomic E-state index is 0.701. The normalized spacial score (nSPS) is 29.1. The van der Waals surface area contributed by atoms with Gasteiger partial charge in [0.15, 0.2) is 0 Å². The molecule has 1 rings (SSSR count). The zero-order valence-corrected chi connectivity index (χ0v) is 11.6. The Balaban J connectivity index is 2.58. The van der Waals surface area contributed by atoms with Crippen molar-refractivity contribution in [3.05, 3.63) is 0 Å². The number of nitrogens with zero attached hydrogens (tertiary/aromatic N) is 1. The number of hydrogen-bond donors (Lipinski definition) is 1. The van der Waals surface area contributed by atoms with Crippen molar-refractivity contribution in [2.24, 2.45) is 0 Å². The smallest absolute Gasteiger partial charge is 0.0248 e. The van der Waals surface area contributed by atoms with E-state index in [9.17, 15) is 0 Å². The Morgan fingerprint density at radius 2 is 1.94 bits per heavy atom. The maximum atomic E-state index is 3.53. The van der Waals surface area contributed by atoms with Gasteiger partial charge in [0, 0.05) is 18.1 Å². The van der Waals surface area contributed by atoms with Gasteiger partial charge in [-0.3, -0.25) is 4.90 Å². The number of rotatable bonds is 5. The summed E-state index contributed by atoms with van der Waals surface area (Å²) < 4.78 is 0. The van der Waals surface area contributed by atoms with Crippen LogP contribution in [0.25, 0.3) is 0 Å². The lowest BCUT2D eigenvalue weighted by Crippen LogP contribution is -2.50. The van der Waals surface area contributed by atoms with E-state index in [1.54, 1.807) is 0 Å². The highest BCUT2D eigenvalue weighted by Gasteiger charge is 2.27. The fourth-order valence-corrected chi connectivity index (χ4v) is 3.06. The molecule has 0 aromatic heterocycles. The third-order valence-corrected chi connectivity index (χ3v) is 4.28. The van der Waals surface area contributed by atoms with E-state index < -0.39 is 0 Å². The van der Waals surface area contributed by atoms with Crippen LogP contribution >= 0.6 is 0 Å². The molecule has 2 heteroatoms. The van der Waals surface area contributed by atoms with E-state index in [4.69, 9.17) is 0 Å². The van der Waals surface area contributed by atoms with Crippen LogP contribution in [0.3, 0.4) is 0 Å². The molecular formula is C14H30N2. The number of likely N-dealkylation sites (N-methyl/N-ethyl adjacent to an activating group) is 2. The fourth-order valence-electron chi connectivity index (χ4n) is 3.06. The SMILES string of the molecule is CCCC(C)N(C)C1CCCCCC1NC. The van der Waals surface area contributed by atoms with Gasteiger partial charge in [0.1, 0.15) is 0 Å². The van der Waals surface area contributed by atoms with E-state index in [2.05, 4.69) is 38.2 Å². The molecule has 0 aromatic rings. The molecule has 3 atom stereocenters. The van der Waals surface area contributed by atoms with Crippen molar-refractivity contribution in [3.8, 4) is 0 Å². The van der Waals surface area contributed by atoms with Gasteiger partial charge in [0.05, 0.1) is 0 Å². The van der Waals surface area contributed by atoms with E-state index in [1.807, 2.05) is 0 Å². The first-order valence-electron chi connectivity index (χ1n) is 7.09. The van der Waals surface area contributed by atoms with Crippen molar-refractivity contribution in [1.29, 1.82) is 0 Å². The summed E-state index contributed by atoms with van der Waals surface area (Å²) in [5.74, 6) is 0. The average molecular weight is 226 g/mol. The van der Waals surface area contributed by atoms with Crippen molar-refractivity contribution >= 4 is 0 Å². The van der Waals surface area contributed by atoms with Crippen LogP contribution in [-0.2, 0) is 0 Å². The van der Waals surface area contributed by atoms with Gasteiger partial charge in [-0.25, -0.2) is 0 Å². The van der Waals surface area contributed by atoms with E-state index in [-0.39, 0.29) is 0 Å². The van der Waals surface area contributed by atoms with Gasteiger partial charge in [-0.1, -0.05) is 32.6 Å². The summed E-state index contributed by atoms with van der Waals surface area (Å²) in [4.78, 5) is 2.62. The monoisotopic (exact) mass is 226 g/mol. The van der Waals surface area contributed by atoms with Crippen LogP contribution in [0.2, 0.25) is 0 Å². The Labute approximate surface area is 102 Å². The largest absolute Gasteiger partial charge is 0.315 e. The van der Waals surface area contributed by atoms with Crippen LogP contribution < -0.4 is 5.32 Å². The van der Waals surface area contributed by atoms with Gasteiger partial charge in [-0.15, -0.1) is 0 Å². The Morgan fingerprint density at radius 1 is 1.25 bits per heavy atom. The molecule has 0 amide bonds. The standard InChI is InChI=1S/C14H30N2/c1-5-9-12(2)16(4)14-11-8-6-7-10-13(14)15-3/h12-15H,5-11H2,1-4H3. The lowest BCUT2D eigenvalue weighted by molar-refractivity contribution is 0.135. The highest BCUT2D eigenvalue weighted by molar-refractivity contribution is 4.86.